The van der Waals surface area contributed by atoms with Crippen LogP contribution in [0.4, 0.5) is 5.82 Å². The number of methoxy groups -OCH3 is 1. The molecule has 102 valence electrons. The van der Waals surface area contributed by atoms with Gasteiger partial charge in [0.2, 0.25) is 0 Å². The zero-order valence-electron chi connectivity index (χ0n) is 10.8. The molecule has 0 spiro atoms. The maximum atomic E-state index is 12.0. The van der Waals surface area contributed by atoms with Crippen LogP contribution in [0.2, 0.25) is 0 Å². The summed E-state index contributed by atoms with van der Waals surface area (Å²) < 4.78 is 9.82. The third kappa shape index (κ3) is 3.16. The topological polar surface area (TPSA) is 90.4 Å². The molecule has 0 saturated heterocycles. The third-order valence-electron chi connectivity index (χ3n) is 2.47. The highest BCUT2D eigenvalue weighted by Gasteiger charge is 2.10. The molecule has 1 heterocycles. The number of nitrogens with zero attached hydrogens (tertiary/aromatic N) is 1. The summed E-state index contributed by atoms with van der Waals surface area (Å²) in [5.41, 5.74) is 6.39. The van der Waals surface area contributed by atoms with Crippen LogP contribution in [0.15, 0.2) is 35.1 Å². The number of carbonyl (C=O) groups is 1. The van der Waals surface area contributed by atoms with E-state index in [-0.39, 0.29) is 12.5 Å². The van der Waals surface area contributed by atoms with Crippen LogP contribution in [0.3, 0.4) is 0 Å². The number of hydrogen-bond donors (Lipinski definition) is 2. The molecule has 20 heavy (non-hydrogen) atoms. The summed E-state index contributed by atoms with van der Waals surface area (Å²) >= 11 is 0. The highest BCUT2D eigenvalue weighted by Crippen LogP contribution is 2.19. The largest absolute Gasteiger partial charge is 0.495 e. The molecule has 0 radical (unpaired) electrons. The highest BCUT2D eigenvalue weighted by molar-refractivity contribution is 6.04. The maximum Gasteiger partial charge on any atom is 0.256 e. The summed E-state index contributed by atoms with van der Waals surface area (Å²) in [7, 11) is 1.54. The van der Waals surface area contributed by atoms with E-state index in [1.165, 1.54) is 13.4 Å². The average Bonchev–Trinajstić information content (AvgIpc) is 2.97. The van der Waals surface area contributed by atoms with Crippen LogP contribution >= 0.6 is 0 Å². The lowest BCUT2D eigenvalue weighted by atomic mass is 10.1. The van der Waals surface area contributed by atoms with Crippen LogP contribution in [0.1, 0.15) is 15.9 Å². The van der Waals surface area contributed by atoms with Gasteiger partial charge in [-0.25, -0.2) is 0 Å². The van der Waals surface area contributed by atoms with Gasteiger partial charge in [-0.15, -0.1) is 0 Å². The number of benzene rings is 1. The number of carbonyl (C=O) groups excluding carboxylic acids is 1. The molecule has 0 aliphatic carbocycles. The molecule has 6 heteroatoms. The monoisotopic (exact) mass is 271 g/mol. The lowest BCUT2D eigenvalue weighted by molar-refractivity contribution is 0.102. The van der Waals surface area contributed by atoms with Crippen molar-refractivity contribution in [2.75, 3.05) is 19.0 Å². The van der Waals surface area contributed by atoms with Crippen molar-refractivity contribution in [3.05, 3.63) is 41.7 Å². The molecule has 0 unspecified atom stereocenters. The number of rotatable bonds is 3. The molecule has 0 aliphatic rings. The Morgan fingerprint density at radius 2 is 2.35 bits per heavy atom. The number of ether oxygens (including phenoxy) is 1. The molecule has 1 aromatic heterocycles. The fourth-order valence-electron chi connectivity index (χ4n) is 1.56. The quantitative estimate of drug-likeness (QED) is 0.820. The summed E-state index contributed by atoms with van der Waals surface area (Å²) in [6.07, 6.45) is 1.38. The van der Waals surface area contributed by atoms with E-state index in [0.717, 1.165) is 0 Å². The molecule has 0 bridgehead atoms. The Morgan fingerprint density at radius 1 is 1.50 bits per heavy atom. The molecular formula is C14H13N3O3. The third-order valence-corrected chi connectivity index (χ3v) is 2.47. The normalized spacial score (nSPS) is 9.50. The van der Waals surface area contributed by atoms with Gasteiger partial charge in [-0.3, -0.25) is 4.79 Å². The van der Waals surface area contributed by atoms with E-state index < -0.39 is 0 Å². The predicted octanol–water partition coefficient (Wildman–Crippen LogP) is 1.25. The number of nitrogens with one attached hydrogen (secondary N) is 1. The Hall–Kier alpha value is -2.78. The molecule has 2 aromatic rings. The summed E-state index contributed by atoms with van der Waals surface area (Å²) in [6, 6.07) is 6.51. The van der Waals surface area contributed by atoms with Crippen molar-refractivity contribution in [2.45, 2.75) is 0 Å². The minimum Gasteiger partial charge on any atom is -0.495 e. The molecule has 1 amide bonds. The molecule has 6 nitrogen and oxygen atoms in total. The summed E-state index contributed by atoms with van der Waals surface area (Å²) in [4.78, 5) is 12.0. The van der Waals surface area contributed by atoms with E-state index in [9.17, 15) is 4.79 Å². The first-order valence-electron chi connectivity index (χ1n) is 5.83. The number of nitrogens with two attached hydrogens (primary N) is 1. The Morgan fingerprint density at radius 3 is 3.00 bits per heavy atom. The minimum absolute atomic E-state index is 0.235. The summed E-state index contributed by atoms with van der Waals surface area (Å²) in [5.74, 6) is 6.22. The van der Waals surface area contributed by atoms with Crippen LogP contribution in [-0.2, 0) is 0 Å². The Bertz CT molecular complexity index is 654. The lowest BCUT2D eigenvalue weighted by Crippen LogP contribution is -2.12. The first kappa shape index (κ1) is 13.6. The van der Waals surface area contributed by atoms with Crippen LogP contribution < -0.4 is 15.8 Å². The smallest absolute Gasteiger partial charge is 0.256 e. The standard InChI is InChI=1S/C14H13N3O3/c1-19-12-5-4-11(9-10(12)3-2-7-15)14(18)16-13-6-8-20-17-13/h4-6,8-9H,7,15H2,1H3,(H,16,17,18). The van der Waals surface area contributed by atoms with Gasteiger partial charge < -0.3 is 20.3 Å². The molecule has 1 aromatic carbocycles. The first-order valence-corrected chi connectivity index (χ1v) is 5.83. The fourth-order valence-corrected chi connectivity index (χ4v) is 1.56. The van der Waals surface area contributed by atoms with Gasteiger partial charge >= 0.3 is 0 Å². The van der Waals surface area contributed by atoms with Crippen LogP contribution in [-0.4, -0.2) is 24.7 Å². The molecule has 0 atom stereocenters. The van der Waals surface area contributed by atoms with Gasteiger partial charge in [-0.05, 0) is 18.2 Å². The van der Waals surface area contributed by atoms with Gasteiger partial charge in [-0.2, -0.15) is 0 Å². The molecule has 0 fully saturated rings. The number of anilines is 1. The van der Waals surface area contributed by atoms with Crippen LogP contribution in [0.5, 0.6) is 5.75 Å². The zero-order chi connectivity index (χ0) is 14.4. The molecule has 0 aliphatic heterocycles. The van der Waals surface area contributed by atoms with E-state index in [4.69, 9.17) is 10.5 Å². The summed E-state index contributed by atoms with van der Waals surface area (Å²) in [5, 5.41) is 6.21. The van der Waals surface area contributed by atoms with Crippen molar-refractivity contribution in [1.29, 1.82) is 0 Å². The summed E-state index contributed by atoms with van der Waals surface area (Å²) in [6.45, 7) is 0.235. The van der Waals surface area contributed by atoms with Gasteiger partial charge in [-0.1, -0.05) is 17.0 Å². The van der Waals surface area contributed by atoms with Gasteiger partial charge in [0.25, 0.3) is 5.91 Å². The minimum atomic E-state index is -0.308. The average molecular weight is 271 g/mol. The van der Waals surface area contributed by atoms with Crippen molar-refractivity contribution in [1.82, 2.24) is 5.16 Å². The zero-order valence-corrected chi connectivity index (χ0v) is 10.8. The van der Waals surface area contributed by atoms with Gasteiger partial charge in [0.15, 0.2) is 5.82 Å². The van der Waals surface area contributed by atoms with Crippen molar-refractivity contribution in [3.63, 3.8) is 0 Å². The second kappa shape index (κ2) is 6.41. The maximum absolute atomic E-state index is 12.0. The Kier molecular flexibility index (Phi) is 4.37. The Balaban J connectivity index is 2.26. The van der Waals surface area contributed by atoms with Gasteiger partial charge in [0, 0.05) is 11.6 Å². The first-order chi connectivity index (χ1) is 9.74. The van der Waals surface area contributed by atoms with Gasteiger partial charge in [0.1, 0.15) is 12.0 Å². The molecule has 0 saturated carbocycles. The van der Waals surface area contributed by atoms with Crippen LogP contribution in [0.25, 0.3) is 0 Å². The van der Waals surface area contributed by atoms with Crippen molar-refractivity contribution < 1.29 is 14.1 Å². The van der Waals surface area contributed by atoms with Gasteiger partial charge in [0.05, 0.1) is 19.2 Å². The number of amides is 1. The lowest BCUT2D eigenvalue weighted by Gasteiger charge is -2.06. The Labute approximate surface area is 115 Å². The van der Waals surface area contributed by atoms with E-state index in [2.05, 4.69) is 26.8 Å². The molecule has 3 N–H and O–H groups in total. The highest BCUT2D eigenvalue weighted by atomic mass is 16.5. The van der Waals surface area contributed by atoms with E-state index in [1.54, 1.807) is 24.3 Å². The van der Waals surface area contributed by atoms with Crippen molar-refractivity contribution >= 4 is 11.7 Å². The van der Waals surface area contributed by atoms with E-state index in [1.807, 2.05) is 0 Å². The van der Waals surface area contributed by atoms with Crippen molar-refractivity contribution in [3.8, 4) is 17.6 Å². The predicted molar refractivity (Wildman–Crippen MR) is 73.4 cm³/mol. The second-order valence-corrected chi connectivity index (χ2v) is 3.76. The number of aromatic nitrogens is 1. The second-order valence-electron chi connectivity index (χ2n) is 3.76. The van der Waals surface area contributed by atoms with Crippen molar-refractivity contribution in [2.24, 2.45) is 5.73 Å². The fraction of sp³-hybridized carbons (Fsp3) is 0.143. The number of hydrogen-bond acceptors (Lipinski definition) is 5. The van der Waals surface area contributed by atoms with E-state index >= 15 is 0 Å². The van der Waals surface area contributed by atoms with Crippen LogP contribution in [0, 0.1) is 11.8 Å². The molecule has 2 rings (SSSR count). The SMILES string of the molecule is COc1ccc(C(=O)Nc2ccon2)cc1C#CCN. The molecular weight excluding hydrogens is 258 g/mol. The van der Waals surface area contributed by atoms with E-state index in [0.29, 0.717) is 22.7 Å².